The van der Waals surface area contributed by atoms with Crippen LogP contribution in [0.4, 0.5) is 0 Å². The second kappa shape index (κ2) is 3.93. The number of nitrogens with two attached hydrogens (primary N) is 1. The summed E-state index contributed by atoms with van der Waals surface area (Å²) in [6, 6.07) is 3.65. The third-order valence-corrected chi connectivity index (χ3v) is 3.59. The number of hydrogen-bond acceptors (Lipinski definition) is 5. The van der Waals surface area contributed by atoms with E-state index in [1.54, 1.807) is 13.2 Å². The van der Waals surface area contributed by atoms with Gasteiger partial charge in [0.1, 0.15) is 5.82 Å². The van der Waals surface area contributed by atoms with E-state index >= 15 is 0 Å². The van der Waals surface area contributed by atoms with Crippen LogP contribution >= 0.6 is 0 Å². The molecule has 2 unspecified atom stereocenters. The number of ether oxygens (including phenoxy) is 2. The molecule has 6 heteroatoms. The van der Waals surface area contributed by atoms with Gasteiger partial charge in [-0.3, -0.25) is 0 Å². The highest BCUT2D eigenvalue weighted by molar-refractivity contribution is 5.71. The second-order valence-electron chi connectivity index (χ2n) is 4.85. The number of pyridine rings is 1. The Bertz CT molecular complexity index is 582. The quantitative estimate of drug-likeness (QED) is 0.812. The van der Waals surface area contributed by atoms with Crippen molar-refractivity contribution in [2.75, 3.05) is 20.3 Å². The fourth-order valence-corrected chi connectivity index (χ4v) is 2.19. The molecule has 18 heavy (non-hydrogen) atoms. The number of aromatic nitrogens is 3. The van der Waals surface area contributed by atoms with Crippen LogP contribution in [-0.4, -0.2) is 41.3 Å². The average molecular weight is 248 g/mol. The lowest BCUT2D eigenvalue weighted by Gasteiger charge is -2.23. The zero-order valence-electron chi connectivity index (χ0n) is 10.4. The number of nitrogens with zero attached hydrogens (tertiary/aromatic N) is 2. The normalized spacial score (nSPS) is 27.8. The molecule has 1 aliphatic rings. The number of nitrogens with one attached hydrogen (secondary N) is 1. The molecule has 0 radical (unpaired) electrons. The average Bonchev–Trinajstić information content (AvgIpc) is 2.94. The summed E-state index contributed by atoms with van der Waals surface area (Å²) < 4.78 is 10.5. The highest BCUT2D eigenvalue weighted by Crippen LogP contribution is 2.31. The molecule has 0 bridgehead atoms. The molecule has 96 valence electrons. The van der Waals surface area contributed by atoms with Crippen molar-refractivity contribution in [1.29, 1.82) is 0 Å². The van der Waals surface area contributed by atoms with Gasteiger partial charge in [0.25, 0.3) is 0 Å². The topological polar surface area (TPSA) is 86.0 Å². The molecule has 2 aromatic heterocycles. The van der Waals surface area contributed by atoms with Crippen LogP contribution in [0.3, 0.4) is 0 Å². The second-order valence-corrected chi connectivity index (χ2v) is 4.85. The number of aromatic amines is 1. The van der Waals surface area contributed by atoms with Crippen LogP contribution < -0.4 is 10.5 Å². The number of methoxy groups -OCH3 is 1. The zero-order valence-corrected chi connectivity index (χ0v) is 10.4. The van der Waals surface area contributed by atoms with Crippen molar-refractivity contribution in [2.45, 2.75) is 18.4 Å². The van der Waals surface area contributed by atoms with Crippen molar-refractivity contribution in [3.63, 3.8) is 0 Å². The van der Waals surface area contributed by atoms with Crippen molar-refractivity contribution >= 4 is 11.2 Å². The molecular weight excluding hydrogens is 232 g/mol. The van der Waals surface area contributed by atoms with Crippen LogP contribution in [0.25, 0.3) is 11.2 Å². The summed E-state index contributed by atoms with van der Waals surface area (Å²) >= 11 is 0. The molecule has 0 aromatic carbocycles. The van der Waals surface area contributed by atoms with Crippen LogP contribution in [-0.2, 0) is 10.2 Å². The van der Waals surface area contributed by atoms with Gasteiger partial charge in [-0.15, -0.1) is 0 Å². The molecule has 3 rings (SSSR count). The summed E-state index contributed by atoms with van der Waals surface area (Å²) in [5.41, 5.74) is 7.33. The van der Waals surface area contributed by atoms with Gasteiger partial charge < -0.3 is 20.2 Å². The Labute approximate surface area is 105 Å². The van der Waals surface area contributed by atoms with Gasteiger partial charge >= 0.3 is 0 Å². The maximum Gasteiger partial charge on any atom is 0.215 e. The van der Waals surface area contributed by atoms with Gasteiger partial charge in [-0.25, -0.2) is 4.98 Å². The van der Waals surface area contributed by atoms with E-state index in [4.69, 9.17) is 15.2 Å². The van der Waals surface area contributed by atoms with Gasteiger partial charge in [0, 0.05) is 12.1 Å². The van der Waals surface area contributed by atoms with E-state index in [0.29, 0.717) is 24.7 Å². The summed E-state index contributed by atoms with van der Waals surface area (Å²) in [7, 11) is 1.59. The van der Waals surface area contributed by atoms with Crippen LogP contribution in [0, 0.1) is 0 Å². The Morgan fingerprint density at radius 2 is 2.33 bits per heavy atom. The molecule has 0 saturated carbocycles. The highest BCUT2D eigenvalue weighted by Gasteiger charge is 2.41. The van der Waals surface area contributed by atoms with Gasteiger partial charge in [0.15, 0.2) is 5.65 Å². The van der Waals surface area contributed by atoms with Crippen molar-refractivity contribution in [1.82, 2.24) is 15.0 Å². The molecule has 6 nitrogen and oxygen atoms in total. The molecule has 2 aromatic rings. The number of hydrogen-bond donors (Lipinski definition) is 2. The fourth-order valence-electron chi connectivity index (χ4n) is 2.19. The van der Waals surface area contributed by atoms with Gasteiger partial charge in [-0.2, -0.15) is 4.98 Å². The third-order valence-electron chi connectivity index (χ3n) is 3.59. The molecule has 1 aliphatic heterocycles. The lowest BCUT2D eigenvalue weighted by molar-refractivity contribution is 0.178. The van der Waals surface area contributed by atoms with E-state index in [1.807, 2.05) is 6.07 Å². The molecular formula is C12H16N4O2. The summed E-state index contributed by atoms with van der Waals surface area (Å²) in [5.74, 6) is 1.38. The predicted octanol–water partition coefficient (Wildman–Crippen LogP) is 0.582. The first-order valence-electron chi connectivity index (χ1n) is 5.88. The lowest BCUT2D eigenvalue weighted by atomic mass is 9.85. The first kappa shape index (κ1) is 11.4. The molecule has 2 atom stereocenters. The highest BCUT2D eigenvalue weighted by atomic mass is 16.5. The van der Waals surface area contributed by atoms with Crippen molar-refractivity contribution in [2.24, 2.45) is 5.73 Å². The minimum atomic E-state index is -0.284. The van der Waals surface area contributed by atoms with Crippen molar-refractivity contribution in [3.8, 4) is 5.88 Å². The fraction of sp³-hybridized carbons (Fsp3) is 0.500. The molecule has 0 aliphatic carbocycles. The number of imidazole rings is 1. The van der Waals surface area contributed by atoms with E-state index in [9.17, 15) is 0 Å². The summed E-state index contributed by atoms with van der Waals surface area (Å²) in [6.45, 7) is 3.19. The lowest BCUT2D eigenvalue weighted by Crippen LogP contribution is -2.42. The zero-order chi connectivity index (χ0) is 12.8. The SMILES string of the molecule is COc1ccc2[nH]c(C3(C)COCC3N)nc2n1. The van der Waals surface area contributed by atoms with Crippen LogP contribution in [0.2, 0.25) is 0 Å². The van der Waals surface area contributed by atoms with Crippen molar-refractivity contribution in [3.05, 3.63) is 18.0 Å². The van der Waals surface area contributed by atoms with Crippen molar-refractivity contribution < 1.29 is 9.47 Å². The first-order valence-corrected chi connectivity index (χ1v) is 5.88. The molecule has 3 N–H and O–H groups in total. The largest absolute Gasteiger partial charge is 0.481 e. The van der Waals surface area contributed by atoms with Gasteiger partial charge in [-0.05, 0) is 13.0 Å². The monoisotopic (exact) mass is 248 g/mol. The van der Waals surface area contributed by atoms with E-state index < -0.39 is 0 Å². The Morgan fingerprint density at radius 1 is 1.50 bits per heavy atom. The molecule has 1 fully saturated rings. The van der Waals surface area contributed by atoms with Crippen LogP contribution in [0.1, 0.15) is 12.7 Å². The number of H-pyrrole nitrogens is 1. The minimum absolute atomic E-state index is 0.0556. The predicted molar refractivity (Wildman–Crippen MR) is 66.6 cm³/mol. The number of rotatable bonds is 2. The molecule has 3 heterocycles. The van der Waals surface area contributed by atoms with E-state index in [-0.39, 0.29) is 11.5 Å². The Morgan fingerprint density at radius 3 is 3.00 bits per heavy atom. The van der Waals surface area contributed by atoms with Gasteiger partial charge in [0.2, 0.25) is 5.88 Å². The molecule has 0 spiro atoms. The first-order chi connectivity index (χ1) is 8.63. The standard InChI is InChI=1S/C12H16N4O2/c1-12(6-18-5-8(12)13)11-14-7-3-4-9(17-2)15-10(7)16-11/h3-4,8H,5-6,13H2,1-2H3,(H,14,15,16). The van der Waals surface area contributed by atoms with E-state index in [1.165, 1.54) is 0 Å². The van der Waals surface area contributed by atoms with Crippen LogP contribution in [0.15, 0.2) is 12.1 Å². The molecule has 0 amide bonds. The third kappa shape index (κ3) is 1.57. The minimum Gasteiger partial charge on any atom is -0.481 e. The van der Waals surface area contributed by atoms with E-state index in [0.717, 1.165) is 11.3 Å². The Kier molecular flexibility index (Phi) is 2.49. The van der Waals surface area contributed by atoms with Gasteiger partial charge in [0.05, 0.1) is 31.3 Å². The smallest absolute Gasteiger partial charge is 0.215 e. The summed E-state index contributed by atoms with van der Waals surface area (Å²) in [4.78, 5) is 12.1. The number of fused-ring (bicyclic) bond motifs is 1. The molecule has 1 saturated heterocycles. The maximum absolute atomic E-state index is 6.09. The summed E-state index contributed by atoms with van der Waals surface area (Å²) in [5, 5.41) is 0. The van der Waals surface area contributed by atoms with E-state index in [2.05, 4.69) is 21.9 Å². The Hall–Kier alpha value is -1.66. The van der Waals surface area contributed by atoms with Gasteiger partial charge in [-0.1, -0.05) is 0 Å². The van der Waals surface area contributed by atoms with Crippen LogP contribution in [0.5, 0.6) is 5.88 Å². The Balaban J connectivity index is 2.08. The maximum atomic E-state index is 6.09. The summed E-state index contributed by atoms with van der Waals surface area (Å²) in [6.07, 6.45) is 0.